The van der Waals surface area contributed by atoms with Crippen LogP contribution in [0.2, 0.25) is 0 Å². The van der Waals surface area contributed by atoms with Gasteiger partial charge in [-0.2, -0.15) is 0 Å². The highest BCUT2D eigenvalue weighted by atomic mass is 16.5. The van der Waals surface area contributed by atoms with Gasteiger partial charge in [0.25, 0.3) is 5.91 Å². The molecule has 2 aliphatic heterocycles. The van der Waals surface area contributed by atoms with Crippen LogP contribution in [-0.2, 0) is 0 Å². The maximum atomic E-state index is 13.0. The molecule has 4 heterocycles. The minimum Gasteiger partial charge on any atom is -0.396 e. The zero-order chi connectivity index (χ0) is 20.2. The minimum absolute atomic E-state index is 0.0283. The van der Waals surface area contributed by atoms with Gasteiger partial charge in [0.05, 0.1) is 29.5 Å². The van der Waals surface area contributed by atoms with Crippen LogP contribution in [-0.4, -0.2) is 63.8 Å². The Kier molecular flexibility index (Phi) is 4.06. The van der Waals surface area contributed by atoms with E-state index in [0.717, 1.165) is 23.4 Å². The van der Waals surface area contributed by atoms with E-state index < -0.39 is 0 Å². The van der Waals surface area contributed by atoms with Crippen molar-refractivity contribution in [3.8, 4) is 0 Å². The summed E-state index contributed by atoms with van der Waals surface area (Å²) in [4.78, 5) is 26.3. The number of anilines is 1. The number of aliphatic hydroxyl groups excluding tert-OH is 1. The second-order valence-electron chi connectivity index (χ2n) is 8.20. The summed E-state index contributed by atoms with van der Waals surface area (Å²) in [7, 11) is 0. The zero-order valence-corrected chi connectivity index (χ0v) is 16.5. The average Bonchev–Trinajstić information content (AvgIpc) is 3.37. The summed E-state index contributed by atoms with van der Waals surface area (Å²) in [5.74, 6) is 1.45. The fourth-order valence-corrected chi connectivity index (χ4v) is 4.78. The summed E-state index contributed by atoms with van der Waals surface area (Å²) in [5.41, 5.74) is 2.51. The van der Waals surface area contributed by atoms with Crippen molar-refractivity contribution in [3.05, 3.63) is 47.5 Å². The summed E-state index contributed by atoms with van der Waals surface area (Å²) >= 11 is 0. The first-order chi connectivity index (χ1) is 14.0. The van der Waals surface area contributed by atoms with Gasteiger partial charge in [-0.25, -0.2) is 4.98 Å². The monoisotopic (exact) mass is 393 g/mol. The second kappa shape index (κ2) is 6.52. The molecule has 0 bridgehead atoms. The highest BCUT2D eigenvalue weighted by Crippen LogP contribution is 2.44. The van der Waals surface area contributed by atoms with Gasteiger partial charge < -0.3 is 19.4 Å². The average molecular weight is 393 g/mol. The van der Waals surface area contributed by atoms with Crippen molar-refractivity contribution in [1.29, 1.82) is 0 Å². The van der Waals surface area contributed by atoms with Crippen LogP contribution in [0.1, 0.15) is 21.8 Å². The second-order valence-corrected chi connectivity index (χ2v) is 8.20. The van der Waals surface area contributed by atoms with E-state index in [0.29, 0.717) is 36.7 Å². The van der Waals surface area contributed by atoms with Gasteiger partial charge in [0.2, 0.25) is 0 Å². The first-order valence-corrected chi connectivity index (χ1v) is 9.80. The molecule has 29 heavy (non-hydrogen) atoms. The number of aryl methyl sites for hydroxylation is 2. The number of carbonyl (C=O) groups excluding carboxylic acids is 1. The molecule has 0 aliphatic carbocycles. The Morgan fingerprint density at radius 1 is 1.24 bits per heavy atom. The lowest BCUT2D eigenvalue weighted by molar-refractivity contribution is 0.0746. The summed E-state index contributed by atoms with van der Waals surface area (Å²) in [6, 6.07) is 7.79. The molecule has 2 saturated heterocycles. The predicted octanol–water partition coefficient (Wildman–Crippen LogP) is 1.81. The molecule has 0 radical (unpaired) electrons. The first-order valence-electron chi connectivity index (χ1n) is 9.80. The van der Waals surface area contributed by atoms with Gasteiger partial charge in [-0.15, -0.1) is 0 Å². The fraction of sp³-hybridized carbons (Fsp3) is 0.429. The highest BCUT2D eigenvalue weighted by molar-refractivity contribution is 5.96. The molecule has 1 amide bonds. The number of fused-ring (bicyclic) bond motifs is 2. The molecule has 2 fully saturated rings. The third kappa shape index (κ3) is 2.78. The lowest BCUT2D eigenvalue weighted by atomic mass is 9.82. The van der Waals surface area contributed by atoms with E-state index in [-0.39, 0.29) is 23.8 Å². The summed E-state index contributed by atoms with van der Waals surface area (Å²) in [5, 5.41) is 14.2. The van der Waals surface area contributed by atoms with E-state index in [1.807, 2.05) is 29.2 Å². The third-order valence-corrected chi connectivity index (χ3v) is 6.37. The van der Waals surface area contributed by atoms with Crippen molar-refractivity contribution in [2.75, 3.05) is 37.7 Å². The van der Waals surface area contributed by atoms with Gasteiger partial charge in [-0.1, -0.05) is 17.3 Å². The van der Waals surface area contributed by atoms with Crippen LogP contribution in [0.15, 0.2) is 35.0 Å². The van der Waals surface area contributed by atoms with Gasteiger partial charge in [0.15, 0.2) is 0 Å². The number of nitrogens with zero attached hydrogens (tertiary/aromatic N) is 5. The van der Waals surface area contributed by atoms with Crippen LogP contribution >= 0.6 is 0 Å². The molecule has 2 atom stereocenters. The van der Waals surface area contributed by atoms with Gasteiger partial charge in [0, 0.05) is 37.5 Å². The van der Waals surface area contributed by atoms with E-state index in [9.17, 15) is 9.90 Å². The number of para-hydroxylation sites is 2. The smallest absolute Gasteiger partial charge is 0.259 e. The van der Waals surface area contributed by atoms with Crippen LogP contribution in [0, 0.1) is 25.2 Å². The Bertz CT molecular complexity index is 1080. The third-order valence-electron chi connectivity index (χ3n) is 6.37. The molecule has 8 heteroatoms. The maximum Gasteiger partial charge on any atom is 0.259 e. The van der Waals surface area contributed by atoms with Crippen molar-refractivity contribution in [2.45, 2.75) is 13.8 Å². The quantitative estimate of drug-likeness (QED) is 0.725. The molecule has 150 valence electrons. The summed E-state index contributed by atoms with van der Waals surface area (Å²) in [6.07, 6.45) is 1.79. The van der Waals surface area contributed by atoms with E-state index in [4.69, 9.17) is 9.51 Å². The van der Waals surface area contributed by atoms with Crippen molar-refractivity contribution in [2.24, 2.45) is 11.3 Å². The number of hydrogen-bond acceptors (Lipinski definition) is 7. The number of amides is 1. The number of aliphatic hydroxyl groups is 1. The van der Waals surface area contributed by atoms with Crippen LogP contribution in [0.3, 0.4) is 0 Å². The van der Waals surface area contributed by atoms with Crippen LogP contribution in [0.5, 0.6) is 0 Å². The molecule has 2 aromatic heterocycles. The maximum absolute atomic E-state index is 13.0. The molecule has 0 spiro atoms. The highest BCUT2D eigenvalue weighted by Gasteiger charge is 2.54. The molecule has 5 rings (SSSR count). The van der Waals surface area contributed by atoms with Crippen molar-refractivity contribution >= 4 is 22.8 Å². The summed E-state index contributed by atoms with van der Waals surface area (Å²) in [6.45, 7) is 6.05. The van der Waals surface area contributed by atoms with E-state index >= 15 is 0 Å². The number of carbonyl (C=O) groups is 1. The van der Waals surface area contributed by atoms with Crippen molar-refractivity contribution in [3.63, 3.8) is 0 Å². The van der Waals surface area contributed by atoms with Crippen molar-refractivity contribution in [1.82, 2.24) is 20.0 Å². The molecule has 1 N–H and O–H groups in total. The number of aromatic nitrogens is 3. The molecule has 2 aliphatic rings. The molecular weight excluding hydrogens is 370 g/mol. The zero-order valence-electron chi connectivity index (χ0n) is 16.5. The van der Waals surface area contributed by atoms with Gasteiger partial charge in [-0.3, -0.25) is 9.78 Å². The largest absolute Gasteiger partial charge is 0.396 e. The van der Waals surface area contributed by atoms with Crippen LogP contribution in [0.25, 0.3) is 11.0 Å². The first kappa shape index (κ1) is 18.1. The molecule has 0 saturated carbocycles. The van der Waals surface area contributed by atoms with Gasteiger partial charge in [-0.05, 0) is 26.0 Å². The Morgan fingerprint density at radius 3 is 2.72 bits per heavy atom. The molecule has 1 aromatic carbocycles. The van der Waals surface area contributed by atoms with Crippen LogP contribution in [0.4, 0.5) is 5.82 Å². The minimum atomic E-state index is -0.359. The number of rotatable bonds is 3. The van der Waals surface area contributed by atoms with Gasteiger partial charge in [0.1, 0.15) is 17.1 Å². The molecular formula is C21H23N5O3. The Morgan fingerprint density at radius 2 is 2.03 bits per heavy atom. The van der Waals surface area contributed by atoms with Gasteiger partial charge >= 0.3 is 0 Å². The molecule has 3 aromatic rings. The molecule has 8 nitrogen and oxygen atoms in total. The number of hydrogen-bond donors (Lipinski definition) is 1. The molecule has 2 unspecified atom stereocenters. The number of likely N-dealkylation sites (tertiary alicyclic amines) is 1. The predicted molar refractivity (Wildman–Crippen MR) is 107 cm³/mol. The Hall–Kier alpha value is -3.00. The van der Waals surface area contributed by atoms with E-state index in [2.05, 4.69) is 15.0 Å². The van der Waals surface area contributed by atoms with Crippen molar-refractivity contribution < 1.29 is 14.4 Å². The lowest BCUT2D eigenvalue weighted by Gasteiger charge is -2.27. The lowest BCUT2D eigenvalue weighted by Crippen LogP contribution is -2.39. The fourth-order valence-electron chi connectivity index (χ4n) is 4.78. The number of benzene rings is 1. The SMILES string of the molecule is Cc1noc(C)c1C(=O)N1CC2CN(c3cnc4ccccc4n3)CC2(CO)C1. The Balaban J connectivity index is 1.38. The Labute approximate surface area is 168 Å². The topological polar surface area (TPSA) is 95.6 Å². The normalized spacial score (nSPS) is 23.8. The van der Waals surface area contributed by atoms with E-state index in [1.165, 1.54) is 0 Å². The van der Waals surface area contributed by atoms with Crippen LogP contribution < -0.4 is 4.90 Å². The standard InChI is InChI=1S/C21H23N5O3/c1-13-19(14(2)29-24-13)20(28)26-9-15-8-25(10-21(15,11-26)12-27)18-7-22-16-5-3-4-6-17(16)23-18/h3-7,15,27H,8-12H2,1-2H3. The van der Waals surface area contributed by atoms with E-state index in [1.54, 1.807) is 20.0 Å². The summed E-state index contributed by atoms with van der Waals surface area (Å²) < 4.78 is 5.16.